The second-order valence-electron chi connectivity index (χ2n) is 6.57. The summed E-state index contributed by atoms with van der Waals surface area (Å²) in [6.07, 6.45) is 3.04. The fraction of sp³-hybridized carbons (Fsp3) is 0.318. The molecule has 0 aliphatic rings. The first kappa shape index (κ1) is 20.4. The maximum absolute atomic E-state index is 6.46. The molecular formula is C22H26ClN3O2. The van der Waals surface area contributed by atoms with Crippen LogP contribution in [0.2, 0.25) is 5.02 Å². The lowest BCUT2D eigenvalue weighted by molar-refractivity contribution is 0.164. The van der Waals surface area contributed by atoms with Gasteiger partial charge in [0.05, 0.1) is 30.1 Å². The molecule has 0 saturated carbocycles. The number of benzene rings is 2. The molecule has 5 nitrogen and oxygen atoms in total. The highest BCUT2D eigenvalue weighted by molar-refractivity contribution is 6.33. The number of methoxy groups -OCH3 is 2. The van der Waals surface area contributed by atoms with Crippen molar-refractivity contribution in [3.8, 4) is 22.7 Å². The molecule has 0 radical (unpaired) electrons. The maximum Gasteiger partial charge on any atom is 0.119 e. The van der Waals surface area contributed by atoms with Gasteiger partial charge in [0.15, 0.2) is 0 Å². The lowest BCUT2D eigenvalue weighted by Crippen LogP contribution is -2.32. The van der Waals surface area contributed by atoms with Crippen molar-refractivity contribution in [3.63, 3.8) is 0 Å². The summed E-state index contributed by atoms with van der Waals surface area (Å²) >= 11 is 6.46. The van der Waals surface area contributed by atoms with Gasteiger partial charge in [0, 0.05) is 37.0 Å². The van der Waals surface area contributed by atoms with Crippen LogP contribution >= 0.6 is 11.6 Å². The minimum atomic E-state index is 0.286. The minimum absolute atomic E-state index is 0.286. The van der Waals surface area contributed by atoms with E-state index in [1.165, 1.54) is 0 Å². The van der Waals surface area contributed by atoms with Gasteiger partial charge in [-0.25, -0.2) is 4.68 Å². The van der Waals surface area contributed by atoms with Crippen LogP contribution in [0.25, 0.3) is 16.9 Å². The first-order chi connectivity index (χ1) is 13.7. The number of hydrogen-bond acceptors (Lipinski definition) is 4. The van der Waals surface area contributed by atoms with Gasteiger partial charge in [-0.1, -0.05) is 36.7 Å². The van der Waals surface area contributed by atoms with Crippen LogP contribution in [-0.2, 0) is 11.3 Å². The van der Waals surface area contributed by atoms with Crippen molar-refractivity contribution >= 4 is 11.6 Å². The van der Waals surface area contributed by atoms with Crippen molar-refractivity contribution in [1.82, 2.24) is 15.1 Å². The predicted octanol–water partition coefficient (Wildman–Crippen LogP) is 4.72. The predicted molar refractivity (Wildman–Crippen MR) is 113 cm³/mol. The monoisotopic (exact) mass is 399 g/mol. The molecule has 0 spiro atoms. The molecule has 1 aromatic heterocycles. The Morgan fingerprint density at radius 3 is 2.50 bits per heavy atom. The Hall–Kier alpha value is -2.34. The van der Waals surface area contributed by atoms with E-state index in [9.17, 15) is 0 Å². The Morgan fingerprint density at radius 2 is 1.86 bits per heavy atom. The average Bonchev–Trinajstić information content (AvgIpc) is 3.15. The fourth-order valence-electron chi connectivity index (χ4n) is 3.06. The summed E-state index contributed by atoms with van der Waals surface area (Å²) in [5.41, 5.74) is 3.84. The number of ether oxygens (including phenoxy) is 2. The van der Waals surface area contributed by atoms with Gasteiger partial charge in [0.25, 0.3) is 0 Å². The van der Waals surface area contributed by atoms with E-state index >= 15 is 0 Å². The van der Waals surface area contributed by atoms with Crippen LogP contribution in [0.3, 0.4) is 0 Å². The number of halogens is 1. The Labute approximate surface area is 171 Å². The molecule has 0 unspecified atom stereocenters. The van der Waals surface area contributed by atoms with Gasteiger partial charge in [-0.05, 0) is 36.8 Å². The van der Waals surface area contributed by atoms with Crippen molar-refractivity contribution in [3.05, 3.63) is 65.3 Å². The Kier molecular flexibility index (Phi) is 7.09. The second kappa shape index (κ2) is 9.73. The lowest BCUT2D eigenvalue weighted by Gasteiger charge is -2.15. The largest absolute Gasteiger partial charge is 0.497 e. The molecule has 3 aromatic rings. The zero-order chi connectivity index (χ0) is 19.9. The molecule has 0 aliphatic heterocycles. The topological polar surface area (TPSA) is 48.3 Å². The molecule has 0 bridgehead atoms. The molecule has 1 heterocycles. The molecule has 3 rings (SSSR count). The molecule has 148 valence electrons. The molecule has 28 heavy (non-hydrogen) atoms. The van der Waals surface area contributed by atoms with Crippen LogP contribution in [-0.4, -0.2) is 36.6 Å². The summed E-state index contributed by atoms with van der Waals surface area (Å²) < 4.78 is 12.4. The number of hydrogen-bond donors (Lipinski definition) is 1. The SMILES string of the molecule is CC[C@H](COC)NCc1cn(-c2ccc(OC)cc2)nc1-c1ccccc1Cl. The highest BCUT2D eigenvalue weighted by atomic mass is 35.5. The second-order valence-corrected chi connectivity index (χ2v) is 6.97. The van der Waals surface area contributed by atoms with Gasteiger partial charge in [-0.3, -0.25) is 0 Å². The van der Waals surface area contributed by atoms with Gasteiger partial charge >= 0.3 is 0 Å². The fourth-order valence-corrected chi connectivity index (χ4v) is 3.29. The van der Waals surface area contributed by atoms with Crippen LogP contribution in [0.15, 0.2) is 54.7 Å². The molecule has 1 atom stereocenters. The van der Waals surface area contributed by atoms with Crippen LogP contribution in [0, 0.1) is 0 Å². The van der Waals surface area contributed by atoms with E-state index in [4.69, 9.17) is 26.2 Å². The smallest absolute Gasteiger partial charge is 0.119 e. The number of nitrogens with one attached hydrogen (secondary N) is 1. The minimum Gasteiger partial charge on any atom is -0.497 e. The molecule has 0 aliphatic carbocycles. The molecule has 6 heteroatoms. The highest BCUT2D eigenvalue weighted by Crippen LogP contribution is 2.30. The molecule has 2 aromatic carbocycles. The van der Waals surface area contributed by atoms with Gasteiger partial charge in [0.2, 0.25) is 0 Å². The third-order valence-corrected chi connectivity index (χ3v) is 5.03. The summed E-state index contributed by atoms with van der Waals surface area (Å²) in [6, 6.07) is 15.9. The standard InChI is InChI=1S/C22H26ClN3O2/c1-4-17(15-27-2)24-13-16-14-26(18-9-11-19(28-3)12-10-18)25-22(16)20-7-5-6-8-21(20)23/h5-12,14,17,24H,4,13,15H2,1-3H3/t17-/m1/s1. The summed E-state index contributed by atoms with van der Waals surface area (Å²) in [6.45, 7) is 3.50. The molecule has 1 N–H and O–H groups in total. The zero-order valence-corrected chi connectivity index (χ0v) is 17.2. The lowest BCUT2D eigenvalue weighted by atomic mass is 10.1. The quantitative estimate of drug-likeness (QED) is 0.565. The Bertz CT molecular complexity index is 893. The molecule has 0 saturated heterocycles. The first-order valence-electron chi connectivity index (χ1n) is 9.36. The molecule has 0 fully saturated rings. The number of rotatable bonds is 9. The van der Waals surface area contributed by atoms with Crippen molar-refractivity contribution in [2.45, 2.75) is 25.9 Å². The van der Waals surface area contributed by atoms with E-state index < -0.39 is 0 Å². The van der Waals surface area contributed by atoms with Crippen LogP contribution in [0.4, 0.5) is 0 Å². The van der Waals surface area contributed by atoms with Crippen molar-refractivity contribution in [2.75, 3.05) is 20.8 Å². The van der Waals surface area contributed by atoms with E-state index in [0.717, 1.165) is 34.7 Å². The van der Waals surface area contributed by atoms with Crippen molar-refractivity contribution < 1.29 is 9.47 Å². The maximum atomic E-state index is 6.46. The summed E-state index contributed by atoms with van der Waals surface area (Å²) in [5.74, 6) is 0.814. The van der Waals surface area contributed by atoms with E-state index in [0.29, 0.717) is 18.2 Å². The van der Waals surface area contributed by atoms with Crippen LogP contribution in [0.1, 0.15) is 18.9 Å². The summed E-state index contributed by atoms with van der Waals surface area (Å²) in [7, 11) is 3.38. The third-order valence-electron chi connectivity index (χ3n) is 4.70. The van der Waals surface area contributed by atoms with E-state index in [1.807, 2.05) is 59.4 Å². The van der Waals surface area contributed by atoms with E-state index in [2.05, 4.69) is 12.2 Å². The Balaban J connectivity index is 1.95. The van der Waals surface area contributed by atoms with Gasteiger partial charge in [0.1, 0.15) is 5.75 Å². The first-order valence-corrected chi connectivity index (χ1v) is 9.74. The van der Waals surface area contributed by atoms with Gasteiger partial charge in [-0.15, -0.1) is 0 Å². The molecular weight excluding hydrogens is 374 g/mol. The van der Waals surface area contributed by atoms with E-state index in [-0.39, 0.29) is 6.04 Å². The van der Waals surface area contributed by atoms with Crippen molar-refractivity contribution in [2.24, 2.45) is 0 Å². The summed E-state index contributed by atoms with van der Waals surface area (Å²) in [5, 5.41) is 9.08. The van der Waals surface area contributed by atoms with Crippen molar-refractivity contribution in [1.29, 1.82) is 0 Å². The highest BCUT2D eigenvalue weighted by Gasteiger charge is 2.16. The van der Waals surface area contributed by atoms with Crippen LogP contribution < -0.4 is 10.1 Å². The Morgan fingerprint density at radius 1 is 1.11 bits per heavy atom. The molecule has 0 amide bonds. The number of aromatic nitrogens is 2. The normalized spacial score (nSPS) is 12.1. The van der Waals surface area contributed by atoms with Gasteiger partial charge < -0.3 is 14.8 Å². The number of nitrogens with zero attached hydrogens (tertiary/aromatic N) is 2. The summed E-state index contributed by atoms with van der Waals surface area (Å²) in [4.78, 5) is 0. The van der Waals surface area contributed by atoms with Crippen LogP contribution in [0.5, 0.6) is 5.75 Å². The zero-order valence-electron chi connectivity index (χ0n) is 16.5. The average molecular weight is 400 g/mol. The van der Waals surface area contributed by atoms with Gasteiger partial charge in [-0.2, -0.15) is 5.10 Å². The third kappa shape index (κ3) is 4.73. The van der Waals surface area contributed by atoms with E-state index in [1.54, 1.807) is 14.2 Å².